The van der Waals surface area contributed by atoms with E-state index in [4.69, 9.17) is 13.9 Å². The fraction of sp³-hybridized carbons (Fsp3) is 0.739. The Balaban J connectivity index is 2.25. The quantitative estimate of drug-likeness (QED) is 0.212. The third-order valence-electron chi connectivity index (χ3n) is 4.98. The summed E-state index contributed by atoms with van der Waals surface area (Å²) in [7, 11) is -1.51. The molecule has 1 aromatic rings. The summed E-state index contributed by atoms with van der Waals surface area (Å²) in [5.74, 6) is -0.439. The highest BCUT2D eigenvalue weighted by atomic mass is 28.3. The van der Waals surface area contributed by atoms with Gasteiger partial charge in [0, 0.05) is 19.4 Å². The normalized spacial score (nSPS) is 13.7. The van der Waals surface area contributed by atoms with Crippen LogP contribution < -0.4 is 5.38 Å². The topological polar surface area (TPSA) is 65.7 Å². The van der Waals surface area contributed by atoms with Crippen LogP contribution in [-0.2, 0) is 19.1 Å². The van der Waals surface area contributed by atoms with Crippen LogP contribution in [0.15, 0.2) is 16.7 Å². The number of hydrogen-bond donors (Lipinski definition) is 0. The van der Waals surface area contributed by atoms with Crippen molar-refractivity contribution in [1.82, 2.24) is 0 Å². The first-order valence-electron chi connectivity index (χ1n) is 11.0. The van der Waals surface area contributed by atoms with E-state index in [1.165, 1.54) is 39.5 Å². The predicted octanol–water partition coefficient (Wildman–Crippen LogP) is 5.89. The van der Waals surface area contributed by atoms with Gasteiger partial charge in [0.05, 0.1) is 17.8 Å². The maximum atomic E-state index is 11.5. The summed E-state index contributed by atoms with van der Waals surface area (Å²) in [5.41, 5.74) is 0.986. The first-order chi connectivity index (χ1) is 13.6. The summed E-state index contributed by atoms with van der Waals surface area (Å²) >= 11 is 0. The lowest BCUT2D eigenvalue weighted by Gasteiger charge is -2.16. The minimum Gasteiger partial charge on any atom is -0.474 e. The number of furan rings is 1. The summed E-state index contributed by atoms with van der Waals surface area (Å²) < 4.78 is 16.4. The van der Waals surface area contributed by atoms with Crippen LogP contribution in [0.3, 0.4) is 0 Å². The molecule has 0 amide bonds. The van der Waals surface area contributed by atoms with Gasteiger partial charge < -0.3 is 13.9 Å². The molecule has 0 aliphatic carbocycles. The first-order valence-corrected chi connectivity index (χ1v) is 14.5. The molecule has 0 aliphatic heterocycles. The lowest BCUT2D eigenvalue weighted by Crippen LogP contribution is -2.36. The van der Waals surface area contributed by atoms with Crippen LogP contribution in [0.25, 0.3) is 0 Å². The van der Waals surface area contributed by atoms with Crippen LogP contribution in [0.4, 0.5) is 0 Å². The average molecular weight is 425 g/mol. The van der Waals surface area contributed by atoms with Gasteiger partial charge in [-0.2, -0.15) is 0 Å². The van der Waals surface area contributed by atoms with Gasteiger partial charge in [-0.1, -0.05) is 51.7 Å². The summed E-state index contributed by atoms with van der Waals surface area (Å²) in [5, 5.41) is 1.05. The molecule has 0 aliphatic rings. The van der Waals surface area contributed by atoms with E-state index in [9.17, 15) is 9.59 Å². The molecular weight excluding hydrogens is 384 g/mol. The van der Waals surface area contributed by atoms with Crippen molar-refractivity contribution < 1.29 is 23.5 Å². The molecule has 0 radical (unpaired) electrons. The van der Waals surface area contributed by atoms with Crippen molar-refractivity contribution >= 4 is 25.4 Å². The van der Waals surface area contributed by atoms with E-state index in [0.717, 1.165) is 43.1 Å². The van der Waals surface area contributed by atoms with Crippen molar-refractivity contribution in [2.45, 2.75) is 110 Å². The highest BCUT2D eigenvalue weighted by molar-refractivity contribution is 6.87. The third kappa shape index (κ3) is 11.3. The minimum atomic E-state index is -1.51. The molecule has 1 rings (SSSR count). The average Bonchev–Trinajstić information content (AvgIpc) is 3.08. The molecule has 0 saturated carbocycles. The second-order valence-corrected chi connectivity index (χ2v) is 14.1. The maximum absolute atomic E-state index is 11.5. The highest BCUT2D eigenvalue weighted by Gasteiger charge is 2.24. The molecule has 0 spiro atoms. The van der Waals surface area contributed by atoms with E-state index in [2.05, 4.69) is 25.7 Å². The molecule has 1 heterocycles. The zero-order chi connectivity index (χ0) is 21.9. The first kappa shape index (κ1) is 25.5. The Hall–Kier alpha value is -1.56. The third-order valence-corrected chi connectivity index (χ3v) is 6.72. The van der Waals surface area contributed by atoms with Crippen molar-refractivity contribution in [2.75, 3.05) is 0 Å². The van der Waals surface area contributed by atoms with Gasteiger partial charge in [-0.25, -0.2) is 0 Å². The van der Waals surface area contributed by atoms with E-state index in [1.807, 2.05) is 6.92 Å². The van der Waals surface area contributed by atoms with Crippen LogP contribution in [0.2, 0.25) is 19.6 Å². The predicted molar refractivity (Wildman–Crippen MR) is 119 cm³/mol. The number of hydrogen-bond acceptors (Lipinski definition) is 5. The summed E-state index contributed by atoms with van der Waals surface area (Å²) in [4.78, 5) is 22.4. The summed E-state index contributed by atoms with van der Waals surface area (Å²) in [6.45, 7) is 11.6. The van der Waals surface area contributed by atoms with E-state index < -0.39 is 8.07 Å². The zero-order valence-electron chi connectivity index (χ0n) is 19.2. The number of carbonyl (C=O) groups excluding carboxylic acids is 2. The maximum Gasteiger partial charge on any atom is 0.303 e. The number of esters is 2. The van der Waals surface area contributed by atoms with Gasteiger partial charge in [-0.3, -0.25) is 9.59 Å². The van der Waals surface area contributed by atoms with Gasteiger partial charge in [0.1, 0.15) is 14.2 Å². The monoisotopic (exact) mass is 424 g/mol. The van der Waals surface area contributed by atoms with Crippen LogP contribution in [0.1, 0.15) is 90.2 Å². The van der Waals surface area contributed by atoms with E-state index in [1.54, 1.807) is 6.26 Å². The van der Waals surface area contributed by atoms with Crippen molar-refractivity contribution in [3.8, 4) is 0 Å². The van der Waals surface area contributed by atoms with Crippen molar-refractivity contribution in [3.05, 3.63) is 17.9 Å². The molecule has 2 atom stereocenters. The van der Waals surface area contributed by atoms with Gasteiger partial charge in [-0.05, 0) is 38.7 Å². The number of unbranched alkanes of at least 4 members (excludes halogenated alkanes) is 6. The SMILES string of the molecule is CC(=O)OC(C)CCCCCCCCCC(OC(C)=O)c1coc([Si](C)(C)C)c1. The van der Waals surface area contributed by atoms with Crippen LogP contribution in [0, 0.1) is 0 Å². The molecule has 0 aromatic carbocycles. The molecule has 0 bridgehead atoms. The molecule has 1 aromatic heterocycles. The largest absolute Gasteiger partial charge is 0.474 e. The summed E-state index contributed by atoms with van der Waals surface area (Å²) in [6.07, 6.45) is 11.4. The van der Waals surface area contributed by atoms with Gasteiger partial charge in [0.15, 0.2) is 0 Å². The van der Waals surface area contributed by atoms with Crippen LogP contribution >= 0.6 is 0 Å². The fourth-order valence-electron chi connectivity index (χ4n) is 3.39. The van der Waals surface area contributed by atoms with E-state index in [-0.39, 0.29) is 24.1 Å². The van der Waals surface area contributed by atoms with E-state index >= 15 is 0 Å². The molecule has 0 fully saturated rings. The van der Waals surface area contributed by atoms with Crippen molar-refractivity contribution in [3.63, 3.8) is 0 Å². The van der Waals surface area contributed by atoms with Gasteiger partial charge in [0.2, 0.25) is 0 Å². The molecule has 6 heteroatoms. The molecule has 0 saturated heterocycles. The molecule has 5 nitrogen and oxygen atoms in total. The minimum absolute atomic E-state index is 0.0232. The fourth-order valence-corrected chi connectivity index (χ4v) is 4.41. The number of rotatable bonds is 14. The Kier molecular flexibility index (Phi) is 11.3. The number of ether oxygens (including phenoxy) is 2. The van der Waals surface area contributed by atoms with Gasteiger partial charge in [-0.15, -0.1) is 0 Å². The lowest BCUT2D eigenvalue weighted by atomic mass is 10.0. The van der Waals surface area contributed by atoms with Crippen molar-refractivity contribution in [1.29, 1.82) is 0 Å². The molecule has 29 heavy (non-hydrogen) atoms. The zero-order valence-corrected chi connectivity index (χ0v) is 20.2. The second-order valence-electron chi connectivity index (χ2n) is 9.06. The standard InChI is InChI=1S/C23H40O5Si/c1-18(27-19(2)24)14-12-10-8-7-9-11-13-15-22(28-20(3)25)21-16-23(26-17-21)29(4,5)6/h16-18,22H,7-15H2,1-6H3. The van der Waals surface area contributed by atoms with Crippen LogP contribution in [-0.4, -0.2) is 26.1 Å². The second kappa shape index (κ2) is 12.9. The Morgan fingerprint density at radius 2 is 1.41 bits per heavy atom. The Morgan fingerprint density at radius 1 is 0.897 bits per heavy atom. The molecule has 2 unspecified atom stereocenters. The van der Waals surface area contributed by atoms with Gasteiger partial charge >= 0.3 is 11.9 Å². The highest BCUT2D eigenvalue weighted by Crippen LogP contribution is 2.25. The molecule has 0 N–H and O–H groups in total. The Labute approximate surface area is 177 Å². The molecular formula is C23H40O5Si. The Bertz CT molecular complexity index is 617. The Morgan fingerprint density at radius 3 is 1.90 bits per heavy atom. The smallest absolute Gasteiger partial charge is 0.303 e. The van der Waals surface area contributed by atoms with E-state index in [0.29, 0.717) is 0 Å². The molecule has 166 valence electrons. The number of carbonyl (C=O) groups is 2. The van der Waals surface area contributed by atoms with Crippen molar-refractivity contribution in [2.24, 2.45) is 0 Å². The lowest BCUT2D eigenvalue weighted by molar-refractivity contribution is -0.147. The van der Waals surface area contributed by atoms with Gasteiger partial charge in [0.25, 0.3) is 0 Å². The van der Waals surface area contributed by atoms with Crippen LogP contribution in [0.5, 0.6) is 0 Å². The summed E-state index contributed by atoms with van der Waals surface area (Å²) in [6, 6.07) is 2.08.